The normalized spacial score (nSPS) is 4.00. The van der Waals surface area contributed by atoms with Gasteiger partial charge in [-0.1, -0.05) is 0 Å². The van der Waals surface area contributed by atoms with Crippen molar-refractivity contribution in [2.24, 2.45) is 0 Å². The zero-order chi connectivity index (χ0) is 3.58. The van der Waals surface area contributed by atoms with Gasteiger partial charge in [-0.2, -0.15) is 0 Å². The van der Waals surface area contributed by atoms with Crippen molar-refractivity contribution >= 4 is 0 Å². The van der Waals surface area contributed by atoms with Crippen molar-refractivity contribution in [3.63, 3.8) is 0 Å². The molecule has 3 radical (unpaired) electrons. The van der Waals surface area contributed by atoms with E-state index in [4.69, 9.17) is 15.3 Å². The summed E-state index contributed by atoms with van der Waals surface area (Å²) in [5, 5.41) is 13.6. The van der Waals surface area contributed by atoms with Gasteiger partial charge in [-0.3, -0.25) is 0 Å². The van der Waals surface area contributed by atoms with Gasteiger partial charge < -0.3 is 11.4 Å². The molecule has 0 saturated heterocycles. The van der Waals surface area contributed by atoms with E-state index in [0.29, 0.717) is 0 Å². The minimum atomic E-state index is -1.50. The summed E-state index contributed by atoms with van der Waals surface area (Å²) in [6.45, 7) is 0. The highest BCUT2D eigenvalue weighted by molar-refractivity contribution is 3.83. The molecule has 6 nitrogen and oxygen atoms in total. The van der Waals surface area contributed by atoms with Crippen LogP contribution >= 0.6 is 0 Å². The standard InChI is InChI=1S/HNO3.H3N.N/c2-1(3)4;;/h(H,2,3,4);1H3;. The predicted octanol–water partition coefficient (Wildman–Crippen LogP) is -0.666. The fraction of sp³-hybridized carbons (Fsp3) is 0. The Kier molecular flexibility index (Phi) is 28.8. The van der Waals surface area contributed by atoms with Crippen molar-refractivity contribution < 1.29 is 10.3 Å². The van der Waals surface area contributed by atoms with Gasteiger partial charge in [0.2, 0.25) is 0 Å². The molecule has 0 aromatic rings. The number of hydrogen-bond donors (Lipinski definition) is 2. The summed E-state index contributed by atoms with van der Waals surface area (Å²) in [4.78, 5) is 8.36. The van der Waals surface area contributed by atoms with Gasteiger partial charge in [-0.05, 0) is 0 Å². The van der Waals surface area contributed by atoms with Crippen LogP contribution in [0, 0.1) is 10.1 Å². The largest absolute Gasteiger partial charge is 0.344 e. The molecule has 0 amide bonds. The third-order valence-electron chi connectivity index (χ3n) is 0. The monoisotopic (exact) mass is 94.0 g/mol. The first-order chi connectivity index (χ1) is 1.73. The number of hydrogen-bond acceptors (Lipinski definition) is 3. The first-order valence-electron chi connectivity index (χ1n) is 0.565. The van der Waals surface area contributed by atoms with Gasteiger partial charge in [0.25, 0.3) is 5.09 Å². The zero-order valence-electron chi connectivity index (χ0n) is 2.87. The molecule has 0 aliphatic carbocycles. The minimum Gasteiger partial charge on any atom is -0.344 e. The Morgan fingerprint density at radius 1 is 1.67 bits per heavy atom. The van der Waals surface area contributed by atoms with E-state index in [1.54, 1.807) is 0 Å². The number of nitrogens with zero attached hydrogens (tertiary/aromatic N) is 2. The van der Waals surface area contributed by atoms with E-state index in [0.717, 1.165) is 0 Å². The molecule has 0 saturated carbocycles. The summed E-state index contributed by atoms with van der Waals surface area (Å²) in [6, 6.07) is 0. The number of rotatable bonds is 0. The molecule has 37 valence electrons. The third kappa shape index (κ3) is 18.1. The molecule has 0 aliphatic heterocycles. The van der Waals surface area contributed by atoms with E-state index in [9.17, 15) is 0 Å². The summed E-state index contributed by atoms with van der Waals surface area (Å²) in [6.07, 6.45) is 0. The SMILES string of the molecule is N.O=[N+]([O-])O.[N]. The first kappa shape index (κ1) is 19.3. The van der Waals surface area contributed by atoms with Crippen LogP contribution in [0.4, 0.5) is 0 Å². The van der Waals surface area contributed by atoms with E-state index in [2.05, 4.69) is 0 Å². The Morgan fingerprint density at radius 2 is 1.67 bits per heavy atom. The smallest absolute Gasteiger partial charge is 0.291 e. The average Bonchev–Trinajstić information content (AvgIpc) is 0.811. The Morgan fingerprint density at radius 3 is 1.67 bits per heavy atom. The quantitative estimate of drug-likeness (QED) is 0.304. The van der Waals surface area contributed by atoms with Crippen LogP contribution in [0.2, 0.25) is 0 Å². The Bertz CT molecular complexity index is 29.0. The molecule has 0 aromatic heterocycles. The van der Waals surface area contributed by atoms with Gasteiger partial charge in [0.05, 0.1) is 0 Å². The van der Waals surface area contributed by atoms with Crippen LogP contribution in [0.3, 0.4) is 0 Å². The van der Waals surface area contributed by atoms with Crippen LogP contribution in [-0.2, 0) is 0 Å². The second-order valence-electron chi connectivity index (χ2n) is 0.238. The van der Waals surface area contributed by atoms with E-state index in [1.807, 2.05) is 0 Å². The second kappa shape index (κ2) is 8.92. The third-order valence-corrected chi connectivity index (χ3v) is 0. The van der Waals surface area contributed by atoms with Gasteiger partial charge in [0, 0.05) is 6.15 Å². The topological polar surface area (TPSA) is 129 Å². The first-order valence-corrected chi connectivity index (χ1v) is 0.565. The maximum atomic E-state index is 8.36. The fourth-order valence-corrected chi connectivity index (χ4v) is 0. The predicted molar refractivity (Wildman–Crippen MR) is 15.9 cm³/mol. The van der Waals surface area contributed by atoms with Gasteiger partial charge in [0.15, 0.2) is 0 Å². The minimum absolute atomic E-state index is 0. The highest BCUT2D eigenvalue weighted by Crippen LogP contribution is 1.38. The van der Waals surface area contributed by atoms with Crippen LogP contribution in [-0.4, -0.2) is 10.3 Å². The summed E-state index contributed by atoms with van der Waals surface area (Å²) < 4.78 is 0. The summed E-state index contributed by atoms with van der Waals surface area (Å²) in [7, 11) is 0. The van der Waals surface area contributed by atoms with E-state index < -0.39 is 5.09 Å². The molecule has 6 heavy (non-hydrogen) atoms. The molecule has 0 aromatic carbocycles. The lowest BCUT2D eigenvalue weighted by atomic mass is 13.1. The molecule has 0 rings (SSSR count). The van der Waals surface area contributed by atoms with Crippen LogP contribution in [0.1, 0.15) is 0 Å². The lowest BCUT2D eigenvalue weighted by molar-refractivity contribution is -0.742. The molecule has 0 fully saturated rings. The van der Waals surface area contributed by atoms with Crippen molar-refractivity contribution in [1.82, 2.24) is 12.3 Å². The summed E-state index contributed by atoms with van der Waals surface area (Å²) >= 11 is 0. The summed E-state index contributed by atoms with van der Waals surface area (Å²) in [5.74, 6) is 0. The van der Waals surface area contributed by atoms with E-state index >= 15 is 0 Å². The molecule has 4 N–H and O–H groups in total. The van der Waals surface area contributed by atoms with Gasteiger partial charge in [0.1, 0.15) is 0 Å². The molecular weight excluding hydrogens is 90.0 g/mol. The van der Waals surface area contributed by atoms with Gasteiger partial charge in [-0.15, -0.1) is 10.1 Å². The molecule has 0 unspecified atom stereocenters. The Hall–Kier alpha value is -0.880. The maximum absolute atomic E-state index is 8.36. The maximum Gasteiger partial charge on any atom is 0.291 e. The Labute approximate surface area is 34.0 Å². The molecule has 0 bridgehead atoms. The van der Waals surface area contributed by atoms with E-state index in [1.165, 1.54) is 0 Å². The molecule has 6 heteroatoms. The average molecular weight is 94.0 g/mol. The molecule has 0 aliphatic rings. The molecule has 0 spiro atoms. The fourth-order valence-electron chi connectivity index (χ4n) is 0. The van der Waals surface area contributed by atoms with Crippen molar-refractivity contribution in [1.29, 1.82) is 0 Å². The van der Waals surface area contributed by atoms with Crippen LogP contribution in [0.25, 0.3) is 0 Å². The molecular formula is H4N3O3. The van der Waals surface area contributed by atoms with Crippen molar-refractivity contribution in [2.45, 2.75) is 0 Å². The van der Waals surface area contributed by atoms with E-state index in [-0.39, 0.29) is 12.3 Å². The van der Waals surface area contributed by atoms with Crippen molar-refractivity contribution in [3.8, 4) is 0 Å². The zero-order valence-corrected chi connectivity index (χ0v) is 2.87. The van der Waals surface area contributed by atoms with Crippen molar-refractivity contribution in [2.75, 3.05) is 0 Å². The highest BCUT2D eigenvalue weighted by Gasteiger charge is 1.65. The second-order valence-corrected chi connectivity index (χ2v) is 0.238. The van der Waals surface area contributed by atoms with Crippen molar-refractivity contribution in [3.05, 3.63) is 10.1 Å². The lowest BCUT2D eigenvalue weighted by Crippen LogP contribution is -1.81. The Balaban J connectivity index is -0.0000000450. The van der Waals surface area contributed by atoms with Gasteiger partial charge in [-0.25, -0.2) is 0 Å². The van der Waals surface area contributed by atoms with Crippen LogP contribution < -0.4 is 12.3 Å². The highest BCUT2D eigenvalue weighted by atomic mass is 16.9. The van der Waals surface area contributed by atoms with Gasteiger partial charge >= 0.3 is 0 Å². The lowest BCUT2D eigenvalue weighted by Gasteiger charge is -1.56. The van der Waals surface area contributed by atoms with Crippen LogP contribution in [0.5, 0.6) is 0 Å². The molecule has 0 heterocycles. The molecule has 0 atom stereocenters. The van der Waals surface area contributed by atoms with Crippen LogP contribution in [0.15, 0.2) is 0 Å². The summed E-state index contributed by atoms with van der Waals surface area (Å²) in [5.41, 5.74) is 0.